The Balaban J connectivity index is 2.31. The van der Waals surface area contributed by atoms with E-state index in [-0.39, 0.29) is 11.7 Å². The zero-order chi connectivity index (χ0) is 15.0. The third kappa shape index (κ3) is 6.92. The molecule has 1 aromatic carbocycles. The summed E-state index contributed by atoms with van der Waals surface area (Å²) in [7, 11) is 0. The van der Waals surface area contributed by atoms with Gasteiger partial charge in [-0.3, -0.25) is 4.79 Å². The molecular weight excluding hydrogens is 258 g/mol. The van der Waals surface area contributed by atoms with Gasteiger partial charge in [0.15, 0.2) is 6.29 Å². The molecule has 0 heterocycles. The lowest BCUT2D eigenvalue weighted by Gasteiger charge is -2.14. The zero-order valence-corrected chi connectivity index (χ0v) is 12.0. The molecule has 1 unspecified atom stereocenters. The Morgan fingerprint density at radius 2 is 1.95 bits per heavy atom. The molecule has 1 rings (SSSR count). The van der Waals surface area contributed by atoms with Gasteiger partial charge in [0, 0.05) is 6.08 Å². The summed E-state index contributed by atoms with van der Waals surface area (Å²) in [6.07, 6.45) is 2.47. The van der Waals surface area contributed by atoms with Crippen LogP contribution < -0.4 is 5.48 Å². The average molecular weight is 279 g/mol. The van der Waals surface area contributed by atoms with E-state index in [9.17, 15) is 4.79 Å². The quantitative estimate of drug-likeness (QED) is 0.457. The molecule has 1 atom stereocenters. The fourth-order valence-electron chi connectivity index (χ4n) is 1.29. The van der Waals surface area contributed by atoms with Crippen molar-refractivity contribution in [2.75, 3.05) is 6.61 Å². The van der Waals surface area contributed by atoms with Crippen molar-refractivity contribution in [3.05, 3.63) is 35.9 Å². The highest BCUT2D eigenvalue weighted by atomic mass is 16.8. The molecule has 20 heavy (non-hydrogen) atoms. The van der Waals surface area contributed by atoms with Gasteiger partial charge >= 0.3 is 0 Å². The zero-order valence-electron chi connectivity index (χ0n) is 12.0. The lowest BCUT2D eigenvalue weighted by Crippen LogP contribution is -2.29. The fourth-order valence-corrected chi connectivity index (χ4v) is 1.29. The van der Waals surface area contributed by atoms with Gasteiger partial charge in [-0.05, 0) is 36.6 Å². The second-order valence-corrected chi connectivity index (χ2v) is 4.80. The van der Waals surface area contributed by atoms with Crippen LogP contribution >= 0.6 is 0 Å². The van der Waals surface area contributed by atoms with Crippen molar-refractivity contribution in [1.29, 1.82) is 0 Å². The van der Waals surface area contributed by atoms with Gasteiger partial charge in [0.25, 0.3) is 5.91 Å². The van der Waals surface area contributed by atoms with Gasteiger partial charge < -0.3 is 9.84 Å². The van der Waals surface area contributed by atoms with Crippen LogP contribution in [0, 0.1) is 5.92 Å². The molecule has 0 bridgehead atoms. The lowest BCUT2D eigenvalue weighted by molar-refractivity contribution is -0.180. The highest BCUT2D eigenvalue weighted by Crippen LogP contribution is 2.10. The van der Waals surface area contributed by atoms with Gasteiger partial charge in [-0.25, -0.2) is 10.3 Å². The van der Waals surface area contributed by atoms with E-state index < -0.39 is 6.29 Å². The minimum absolute atomic E-state index is 0.186. The first-order valence-electron chi connectivity index (χ1n) is 6.51. The molecule has 5 nitrogen and oxygen atoms in total. The number of aromatic hydroxyl groups is 1. The van der Waals surface area contributed by atoms with E-state index in [1.807, 2.05) is 13.8 Å². The predicted molar refractivity (Wildman–Crippen MR) is 76.6 cm³/mol. The molecule has 1 aromatic rings. The molecule has 0 aliphatic carbocycles. The van der Waals surface area contributed by atoms with Crippen molar-refractivity contribution < 1.29 is 19.5 Å². The number of hydrogen-bond donors (Lipinski definition) is 2. The van der Waals surface area contributed by atoms with Gasteiger partial charge in [-0.2, -0.15) is 0 Å². The molecular formula is C15H21NO4. The fraction of sp³-hybridized carbons (Fsp3) is 0.400. The number of rotatable bonds is 7. The second-order valence-electron chi connectivity index (χ2n) is 4.80. The van der Waals surface area contributed by atoms with E-state index in [1.165, 1.54) is 6.08 Å². The second kappa shape index (κ2) is 8.35. The maximum Gasteiger partial charge on any atom is 0.267 e. The number of benzene rings is 1. The third-order valence-electron chi connectivity index (χ3n) is 2.31. The summed E-state index contributed by atoms with van der Waals surface area (Å²) < 4.78 is 5.34. The smallest absolute Gasteiger partial charge is 0.267 e. The Morgan fingerprint density at radius 1 is 1.30 bits per heavy atom. The number of hydrogen-bond acceptors (Lipinski definition) is 4. The maximum absolute atomic E-state index is 11.5. The predicted octanol–water partition coefficient (Wildman–Crippen LogP) is 2.47. The van der Waals surface area contributed by atoms with E-state index in [1.54, 1.807) is 37.3 Å². The van der Waals surface area contributed by atoms with Crippen LogP contribution in [0.3, 0.4) is 0 Å². The Kier molecular flexibility index (Phi) is 6.76. The summed E-state index contributed by atoms with van der Waals surface area (Å²) in [5.74, 6) is 0.218. The topological polar surface area (TPSA) is 67.8 Å². The van der Waals surface area contributed by atoms with Crippen LogP contribution in [-0.2, 0) is 14.4 Å². The van der Waals surface area contributed by atoms with Crippen LogP contribution in [0.1, 0.15) is 26.3 Å². The minimum atomic E-state index is -0.497. The Hall–Kier alpha value is -1.85. The molecule has 0 aromatic heterocycles. The maximum atomic E-state index is 11.5. The van der Waals surface area contributed by atoms with E-state index in [0.717, 1.165) is 5.56 Å². The van der Waals surface area contributed by atoms with Gasteiger partial charge in [0.2, 0.25) is 0 Å². The van der Waals surface area contributed by atoms with Crippen LogP contribution in [0.4, 0.5) is 0 Å². The normalized spacial score (nSPS) is 12.8. The van der Waals surface area contributed by atoms with Crippen LogP contribution in [0.25, 0.3) is 6.08 Å². The number of hydroxylamine groups is 1. The van der Waals surface area contributed by atoms with E-state index in [0.29, 0.717) is 12.5 Å². The largest absolute Gasteiger partial charge is 0.508 e. The molecule has 1 amide bonds. The number of phenols is 1. The molecule has 0 spiro atoms. The Morgan fingerprint density at radius 3 is 2.55 bits per heavy atom. The lowest BCUT2D eigenvalue weighted by atomic mass is 10.2. The number of phenolic OH excluding ortho intramolecular Hbond substituents is 1. The van der Waals surface area contributed by atoms with Crippen molar-refractivity contribution in [3.63, 3.8) is 0 Å². The summed E-state index contributed by atoms with van der Waals surface area (Å²) in [6, 6.07) is 6.51. The molecule has 0 aliphatic rings. The van der Waals surface area contributed by atoms with Crippen molar-refractivity contribution in [2.45, 2.75) is 27.1 Å². The Bertz CT molecular complexity index is 440. The first-order chi connectivity index (χ1) is 9.47. The standard InChI is InChI=1S/C15H21NO4/c1-11(2)10-19-12(3)20-16-15(18)9-6-13-4-7-14(17)8-5-13/h4-9,11-12,17H,10H2,1-3H3,(H,16,18). The molecule has 5 heteroatoms. The molecule has 0 fully saturated rings. The van der Waals surface area contributed by atoms with Crippen LogP contribution in [0.15, 0.2) is 30.3 Å². The summed E-state index contributed by atoms with van der Waals surface area (Å²) >= 11 is 0. The van der Waals surface area contributed by atoms with Crippen molar-refractivity contribution >= 4 is 12.0 Å². The summed E-state index contributed by atoms with van der Waals surface area (Å²) in [5.41, 5.74) is 3.10. The van der Waals surface area contributed by atoms with E-state index >= 15 is 0 Å². The van der Waals surface area contributed by atoms with Crippen LogP contribution in [-0.4, -0.2) is 23.9 Å². The first kappa shape index (κ1) is 16.2. The highest BCUT2D eigenvalue weighted by Gasteiger charge is 2.05. The van der Waals surface area contributed by atoms with Crippen molar-refractivity contribution in [2.24, 2.45) is 5.92 Å². The number of ether oxygens (including phenoxy) is 1. The van der Waals surface area contributed by atoms with Crippen LogP contribution in [0.2, 0.25) is 0 Å². The van der Waals surface area contributed by atoms with Gasteiger partial charge in [-0.1, -0.05) is 26.0 Å². The minimum Gasteiger partial charge on any atom is -0.508 e. The molecule has 0 aliphatic heterocycles. The Labute approximate surface area is 119 Å². The number of amides is 1. The average Bonchev–Trinajstić information content (AvgIpc) is 2.42. The first-order valence-corrected chi connectivity index (χ1v) is 6.51. The summed E-state index contributed by atoms with van der Waals surface area (Å²) in [5, 5.41) is 9.13. The molecule has 0 radical (unpaired) electrons. The third-order valence-corrected chi connectivity index (χ3v) is 2.31. The van der Waals surface area contributed by atoms with Gasteiger partial charge in [-0.15, -0.1) is 0 Å². The number of nitrogens with one attached hydrogen (secondary N) is 1. The van der Waals surface area contributed by atoms with Crippen molar-refractivity contribution in [3.8, 4) is 5.75 Å². The molecule has 110 valence electrons. The van der Waals surface area contributed by atoms with E-state index in [4.69, 9.17) is 14.7 Å². The number of carbonyl (C=O) groups is 1. The SMILES string of the molecule is CC(C)COC(C)ONC(=O)C=Cc1ccc(O)cc1. The van der Waals surface area contributed by atoms with Crippen LogP contribution in [0.5, 0.6) is 5.75 Å². The molecule has 0 saturated heterocycles. The summed E-state index contributed by atoms with van der Waals surface area (Å²) in [4.78, 5) is 16.5. The highest BCUT2D eigenvalue weighted by molar-refractivity contribution is 5.90. The molecule has 2 N–H and O–H groups in total. The van der Waals surface area contributed by atoms with Crippen molar-refractivity contribution in [1.82, 2.24) is 5.48 Å². The van der Waals surface area contributed by atoms with Gasteiger partial charge in [0.1, 0.15) is 5.75 Å². The van der Waals surface area contributed by atoms with E-state index in [2.05, 4.69) is 5.48 Å². The monoisotopic (exact) mass is 279 g/mol. The number of carbonyl (C=O) groups excluding carboxylic acids is 1. The molecule has 0 saturated carbocycles. The van der Waals surface area contributed by atoms with Gasteiger partial charge in [0.05, 0.1) is 6.61 Å². The summed E-state index contributed by atoms with van der Waals surface area (Å²) in [6.45, 7) is 6.35.